The third-order valence-electron chi connectivity index (χ3n) is 9.13. The summed E-state index contributed by atoms with van der Waals surface area (Å²) >= 11 is 0. The first kappa shape index (κ1) is 30.9. The Kier molecular flexibility index (Phi) is 7.36. The smallest absolute Gasteiger partial charge is 0.293 e. The highest BCUT2D eigenvalue weighted by Crippen LogP contribution is 2.71. The van der Waals surface area contributed by atoms with Gasteiger partial charge in [0.25, 0.3) is 12.3 Å². The second kappa shape index (κ2) is 11.2. The molecule has 1 fully saturated rings. The van der Waals surface area contributed by atoms with Gasteiger partial charge in [0.1, 0.15) is 35.1 Å². The molecule has 0 spiro atoms. The molecule has 47 heavy (non-hydrogen) atoms. The van der Waals surface area contributed by atoms with Crippen LogP contribution in [0.25, 0.3) is 22.2 Å². The Labute approximate surface area is 264 Å². The Bertz CT molecular complexity index is 1980. The molecule has 244 valence electrons. The Morgan fingerprint density at radius 2 is 1.81 bits per heavy atom. The maximum absolute atomic E-state index is 15.4. The average Bonchev–Trinajstić information content (AvgIpc) is 3.28. The van der Waals surface area contributed by atoms with E-state index in [1.54, 1.807) is 19.2 Å². The highest BCUT2D eigenvalue weighted by atomic mass is 19.3. The fourth-order valence-corrected chi connectivity index (χ4v) is 6.92. The molecule has 2 N–H and O–H groups in total. The minimum atomic E-state index is -3.44. The van der Waals surface area contributed by atoms with Crippen molar-refractivity contribution in [3.05, 3.63) is 94.3 Å². The van der Waals surface area contributed by atoms with Gasteiger partial charge >= 0.3 is 0 Å². The molecular weight excluding hydrogens is 624 g/mol. The molecule has 2 aliphatic rings. The van der Waals surface area contributed by atoms with Gasteiger partial charge in [0.05, 0.1) is 23.4 Å². The molecule has 7 rings (SSSR count). The molecule has 1 aromatic carbocycles. The molecule has 14 heteroatoms. The van der Waals surface area contributed by atoms with Gasteiger partial charge in [-0.15, -0.1) is 0 Å². The van der Waals surface area contributed by atoms with E-state index in [0.717, 1.165) is 17.8 Å². The number of carbonyl (C=O) groups excluding carboxylic acids is 1. The number of hydrogen-bond acceptors (Lipinski definition) is 5. The van der Waals surface area contributed by atoms with Crippen LogP contribution >= 0.6 is 0 Å². The number of hydrogen-bond donors (Lipinski definition) is 2. The van der Waals surface area contributed by atoms with Crippen LogP contribution in [0, 0.1) is 23.5 Å². The van der Waals surface area contributed by atoms with Crippen molar-refractivity contribution >= 4 is 16.9 Å². The number of aromatic amines is 1. The number of amides is 1. The SMILES string of the molecule is CC(C)c1ccc(-c2cc3[nH]ncc3nc2C(Cc2cc(F)cc(F)c2)NC(=O)Cn2nc(C(F)F)c3c2C(F)(F)[C@@H]2[C@H](C)[C@H]32)cn1. The van der Waals surface area contributed by atoms with E-state index in [4.69, 9.17) is 4.98 Å². The highest BCUT2D eigenvalue weighted by molar-refractivity contribution is 5.83. The number of nitrogens with one attached hydrogen (secondary N) is 2. The lowest BCUT2D eigenvalue weighted by Crippen LogP contribution is -2.35. The Hall–Kier alpha value is -4.75. The van der Waals surface area contributed by atoms with Crippen molar-refractivity contribution < 1.29 is 31.1 Å². The minimum absolute atomic E-state index is 0.154. The molecule has 1 saturated carbocycles. The highest BCUT2D eigenvalue weighted by Gasteiger charge is 2.71. The molecule has 4 atom stereocenters. The van der Waals surface area contributed by atoms with E-state index in [-0.39, 0.29) is 29.2 Å². The molecule has 4 aromatic heterocycles. The molecule has 0 saturated heterocycles. The van der Waals surface area contributed by atoms with Crippen molar-refractivity contribution in [1.82, 2.24) is 35.3 Å². The molecule has 0 radical (unpaired) electrons. The maximum atomic E-state index is 15.4. The van der Waals surface area contributed by atoms with Crippen LogP contribution in [0.15, 0.2) is 48.8 Å². The number of H-pyrrole nitrogens is 1. The van der Waals surface area contributed by atoms with Crippen LogP contribution in [0.4, 0.5) is 26.3 Å². The van der Waals surface area contributed by atoms with Gasteiger partial charge in [0.2, 0.25) is 5.91 Å². The monoisotopic (exact) mass is 653 g/mol. The number of halogens is 6. The molecular formula is C33H29F6N7O. The van der Waals surface area contributed by atoms with Gasteiger partial charge in [-0.1, -0.05) is 26.8 Å². The van der Waals surface area contributed by atoms with Crippen LogP contribution in [0.1, 0.15) is 79.0 Å². The van der Waals surface area contributed by atoms with Gasteiger partial charge < -0.3 is 5.32 Å². The largest absolute Gasteiger partial charge is 0.346 e. The van der Waals surface area contributed by atoms with Crippen LogP contribution < -0.4 is 5.32 Å². The predicted octanol–water partition coefficient (Wildman–Crippen LogP) is 7.11. The first-order valence-electron chi connectivity index (χ1n) is 15.1. The van der Waals surface area contributed by atoms with Gasteiger partial charge in [-0.05, 0) is 48.1 Å². The number of nitrogens with zero attached hydrogens (tertiary/aromatic N) is 5. The summed E-state index contributed by atoms with van der Waals surface area (Å²) in [6.07, 6.45) is -0.142. The summed E-state index contributed by atoms with van der Waals surface area (Å²) in [4.78, 5) is 22.9. The van der Waals surface area contributed by atoms with E-state index in [1.165, 1.54) is 6.20 Å². The number of alkyl halides is 4. The minimum Gasteiger partial charge on any atom is -0.346 e. The Balaban J connectivity index is 1.29. The first-order chi connectivity index (χ1) is 22.3. The van der Waals surface area contributed by atoms with Crippen molar-refractivity contribution in [2.75, 3.05) is 0 Å². The molecule has 8 nitrogen and oxygen atoms in total. The normalized spacial score (nSPS) is 20.1. The number of carbonyl (C=O) groups is 1. The van der Waals surface area contributed by atoms with E-state index < -0.39 is 71.6 Å². The summed E-state index contributed by atoms with van der Waals surface area (Å²) in [6, 6.07) is 7.31. The third kappa shape index (κ3) is 5.32. The lowest BCUT2D eigenvalue weighted by molar-refractivity contribution is -0.123. The van der Waals surface area contributed by atoms with Crippen molar-refractivity contribution in [2.45, 2.75) is 64.0 Å². The van der Waals surface area contributed by atoms with Crippen molar-refractivity contribution in [2.24, 2.45) is 11.8 Å². The predicted molar refractivity (Wildman–Crippen MR) is 159 cm³/mol. The first-order valence-corrected chi connectivity index (χ1v) is 15.1. The fourth-order valence-electron chi connectivity index (χ4n) is 6.92. The number of pyridine rings is 2. The summed E-state index contributed by atoms with van der Waals surface area (Å²) in [5.74, 6) is -8.14. The van der Waals surface area contributed by atoms with E-state index in [9.17, 15) is 22.4 Å². The van der Waals surface area contributed by atoms with Crippen molar-refractivity contribution in [1.29, 1.82) is 0 Å². The lowest BCUT2D eigenvalue weighted by Gasteiger charge is -2.23. The second-order valence-electron chi connectivity index (χ2n) is 12.6. The van der Waals surface area contributed by atoms with Crippen LogP contribution in [-0.4, -0.2) is 35.9 Å². The second-order valence-corrected chi connectivity index (χ2v) is 12.6. The van der Waals surface area contributed by atoms with Crippen LogP contribution in [-0.2, 0) is 23.7 Å². The maximum Gasteiger partial charge on any atom is 0.293 e. The summed E-state index contributed by atoms with van der Waals surface area (Å²) in [5, 5.41) is 13.4. The number of benzene rings is 1. The summed E-state index contributed by atoms with van der Waals surface area (Å²) in [5.41, 5.74) is 1.85. The number of fused-ring (bicyclic) bond motifs is 4. The molecule has 0 bridgehead atoms. The Morgan fingerprint density at radius 1 is 1.06 bits per heavy atom. The van der Waals surface area contributed by atoms with Gasteiger partial charge in [-0.2, -0.15) is 19.0 Å². The fraction of sp³-hybridized carbons (Fsp3) is 0.364. The molecule has 2 aliphatic carbocycles. The summed E-state index contributed by atoms with van der Waals surface area (Å²) in [6.45, 7) is 4.78. The zero-order valence-corrected chi connectivity index (χ0v) is 25.4. The molecule has 5 aromatic rings. The van der Waals surface area contributed by atoms with Gasteiger partial charge in [-0.3, -0.25) is 19.6 Å². The average molecular weight is 654 g/mol. The summed E-state index contributed by atoms with van der Waals surface area (Å²) < 4.78 is 87.9. The van der Waals surface area contributed by atoms with Crippen LogP contribution in [0.5, 0.6) is 0 Å². The topological polar surface area (TPSA) is 101 Å². The molecule has 1 unspecified atom stereocenters. The van der Waals surface area contributed by atoms with Crippen molar-refractivity contribution in [3.63, 3.8) is 0 Å². The van der Waals surface area contributed by atoms with Crippen LogP contribution in [0.3, 0.4) is 0 Å². The molecule has 1 amide bonds. The lowest BCUT2D eigenvalue weighted by atomic mass is 9.95. The van der Waals surface area contributed by atoms with E-state index in [2.05, 4.69) is 25.6 Å². The standard InChI is InChI=1S/C33H29F6N7O/c1-14(2)21-5-4-17(11-40-21)20-10-22-24(12-41-44-22)43-29(20)23(8-16-6-18(34)9-19(35)7-16)42-25(47)13-46-31-27(30(45-46)32(36)37)26-15(3)28(26)33(31,38)39/h4-7,9-12,14-15,23,26,28,32H,8,13H2,1-3H3,(H,41,44)(H,42,47)/t15-,23?,26-,28-/m1/s1. The quantitative estimate of drug-likeness (QED) is 0.165. The molecule has 4 heterocycles. The zero-order valence-electron chi connectivity index (χ0n) is 25.4. The van der Waals surface area contributed by atoms with E-state index >= 15 is 8.78 Å². The van der Waals surface area contributed by atoms with Gasteiger partial charge in [0, 0.05) is 46.5 Å². The summed E-state index contributed by atoms with van der Waals surface area (Å²) in [7, 11) is 0. The van der Waals surface area contributed by atoms with Gasteiger partial charge in [0.15, 0.2) is 0 Å². The van der Waals surface area contributed by atoms with Crippen LogP contribution in [0.2, 0.25) is 0 Å². The van der Waals surface area contributed by atoms with E-state index in [0.29, 0.717) is 32.9 Å². The number of rotatable bonds is 9. The Morgan fingerprint density at radius 3 is 2.47 bits per heavy atom. The van der Waals surface area contributed by atoms with Gasteiger partial charge in [-0.25, -0.2) is 22.5 Å². The van der Waals surface area contributed by atoms with E-state index in [1.807, 2.05) is 26.0 Å². The molecule has 0 aliphatic heterocycles. The third-order valence-corrected chi connectivity index (χ3v) is 9.13. The number of aromatic nitrogens is 6. The zero-order chi connectivity index (χ0) is 33.4. The van der Waals surface area contributed by atoms with Crippen molar-refractivity contribution in [3.8, 4) is 11.1 Å².